The molecule has 0 aliphatic heterocycles. The quantitative estimate of drug-likeness (QED) is 0.766. The summed E-state index contributed by atoms with van der Waals surface area (Å²) in [6, 6.07) is 7.54. The number of nitrogens with one attached hydrogen (secondary N) is 1. The van der Waals surface area contributed by atoms with Crippen LogP contribution in [0.1, 0.15) is 20.3 Å². The Balaban J connectivity index is 2.25. The molecule has 5 heteroatoms. The fourth-order valence-electron chi connectivity index (χ4n) is 1.54. The van der Waals surface area contributed by atoms with Crippen LogP contribution in [0.15, 0.2) is 24.3 Å². The predicted octanol–water partition coefficient (Wildman–Crippen LogP) is 1.78. The summed E-state index contributed by atoms with van der Waals surface area (Å²) >= 11 is 0. The largest absolute Gasteiger partial charge is 0.388 e. The normalized spacial score (nSPS) is 14.4. The van der Waals surface area contributed by atoms with E-state index in [0.717, 1.165) is 11.0 Å². The lowest BCUT2D eigenvalue weighted by Gasteiger charge is -2.22. The average molecular weight is 246 g/mol. The van der Waals surface area contributed by atoms with E-state index in [4.69, 9.17) is 5.73 Å². The maximum atomic E-state index is 9.94. The number of benzene rings is 1. The lowest BCUT2D eigenvalue weighted by atomic mass is 10.0. The third-order valence-electron chi connectivity index (χ3n) is 3.00. The molecule has 0 aliphatic carbocycles. The highest BCUT2D eigenvalue weighted by molar-refractivity contribution is 5.79. The van der Waals surface area contributed by atoms with Crippen molar-refractivity contribution in [2.45, 2.75) is 25.9 Å². The van der Waals surface area contributed by atoms with E-state index in [-0.39, 0.29) is 0 Å². The maximum absolute atomic E-state index is 9.94. The van der Waals surface area contributed by atoms with Crippen molar-refractivity contribution >= 4 is 22.7 Å². The Labute approximate surface area is 106 Å². The van der Waals surface area contributed by atoms with Crippen molar-refractivity contribution in [3.8, 4) is 0 Å². The molecule has 5 nitrogen and oxygen atoms in total. The van der Waals surface area contributed by atoms with E-state index >= 15 is 0 Å². The molecule has 96 valence electrons. The number of hydrogen-bond acceptors (Lipinski definition) is 5. The van der Waals surface area contributed by atoms with Gasteiger partial charge in [-0.15, -0.1) is 0 Å². The number of rotatable bonds is 4. The molecule has 0 bridgehead atoms. The number of hydrogen-bond donors (Lipinski definition) is 3. The Morgan fingerprint density at radius 1 is 1.28 bits per heavy atom. The number of fused-ring (bicyclic) bond motifs is 1. The Bertz CT molecular complexity index is 554. The van der Waals surface area contributed by atoms with Crippen molar-refractivity contribution in [3.63, 3.8) is 0 Å². The van der Waals surface area contributed by atoms with Crippen molar-refractivity contribution in [1.29, 1.82) is 0 Å². The van der Waals surface area contributed by atoms with Crippen LogP contribution in [0.25, 0.3) is 11.0 Å². The molecular weight excluding hydrogens is 228 g/mol. The van der Waals surface area contributed by atoms with Crippen molar-refractivity contribution < 1.29 is 5.11 Å². The Morgan fingerprint density at radius 3 is 2.50 bits per heavy atom. The molecule has 1 aromatic heterocycles. The third kappa shape index (κ3) is 2.68. The van der Waals surface area contributed by atoms with Crippen molar-refractivity contribution in [1.82, 2.24) is 9.97 Å². The summed E-state index contributed by atoms with van der Waals surface area (Å²) in [6.07, 6.45) is 0.654. The van der Waals surface area contributed by atoms with E-state index in [1.807, 2.05) is 31.2 Å². The summed E-state index contributed by atoms with van der Waals surface area (Å²) in [5, 5.41) is 13.0. The number of anilines is 2. The molecule has 2 aromatic rings. The summed E-state index contributed by atoms with van der Waals surface area (Å²) in [6.45, 7) is 4.09. The van der Waals surface area contributed by atoms with E-state index in [1.165, 1.54) is 0 Å². The Hall–Kier alpha value is -1.88. The van der Waals surface area contributed by atoms with Crippen LogP contribution in [0, 0.1) is 0 Å². The lowest BCUT2D eigenvalue weighted by molar-refractivity contribution is 0.0697. The van der Waals surface area contributed by atoms with Gasteiger partial charge in [-0.25, -0.2) is 9.97 Å². The molecule has 1 unspecified atom stereocenters. The van der Waals surface area contributed by atoms with Gasteiger partial charge in [0.05, 0.1) is 16.6 Å². The molecule has 4 N–H and O–H groups in total. The minimum Gasteiger partial charge on any atom is -0.388 e. The lowest BCUT2D eigenvalue weighted by Crippen LogP contribution is -2.32. The summed E-state index contributed by atoms with van der Waals surface area (Å²) in [5.41, 5.74) is 6.61. The van der Waals surface area contributed by atoms with Crippen LogP contribution >= 0.6 is 0 Å². The number of para-hydroxylation sites is 2. The standard InChI is InChI=1S/C13H18N4O/c1-3-13(2,18)8-15-12-11(14)16-9-6-4-5-7-10(9)17-12/h4-7,18H,3,8H2,1-2H3,(H2,14,16)(H,15,17). The molecule has 2 rings (SSSR count). The molecule has 0 aliphatic rings. The van der Waals surface area contributed by atoms with Crippen molar-refractivity contribution in [2.24, 2.45) is 0 Å². The molecule has 0 radical (unpaired) electrons. The van der Waals surface area contributed by atoms with E-state index in [2.05, 4.69) is 15.3 Å². The van der Waals surface area contributed by atoms with Gasteiger partial charge in [0.1, 0.15) is 0 Å². The molecule has 0 fully saturated rings. The molecule has 1 atom stereocenters. The second-order valence-electron chi connectivity index (χ2n) is 4.65. The maximum Gasteiger partial charge on any atom is 0.169 e. The third-order valence-corrected chi connectivity index (χ3v) is 3.00. The second kappa shape index (κ2) is 4.78. The van der Waals surface area contributed by atoms with Crippen LogP contribution in [0.4, 0.5) is 11.6 Å². The molecule has 0 saturated heterocycles. The fourth-order valence-corrected chi connectivity index (χ4v) is 1.54. The van der Waals surface area contributed by atoms with E-state index in [0.29, 0.717) is 24.6 Å². The van der Waals surface area contributed by atoms with Crippen LogP contribution in [0.5, 0.6) is 0 Å². The van der Waals surface area contributed by atoms with Gasteiger partial charge in [0.15, 0.2) is 11.6 Å². The zero-order valence-corrected chi connectivity index (χ0v) is 10.6. The second-order valence-corrected chi connectivity index (χ2v) is 4.65. The first-order valence-electron chi connectivity index (χ1n) is 6.00. The number of aromatic nitrogens is 2. The Kier molecular flexibility index (Phi) is 3.34. The van der Waals surface area contributed by atoms with Gasteiger partial charge in [-0.05, 0) is 25.5 Å². The first-order valence-corrected chi connectivity index (χ1v) is 6.00. The summed E-state index contributed by atoms with van der Waals surface area (Å²) in [5.74, 6) is 0.864. The highest BCUT2D eigenvalue weighted by Crippen LogP contribution is 2.19. The fraction of sp³-hybridized carbons (Fsp3) is 0.385. The molecule has 0 saturated carbocycles. The summed E-state index contributed by atoms with van der Waals surface area (Å²) in [7, 11) is 0. The minimum absolute atomic E-state index is 0.348. The van der Waals surface area contributed by atoms with Gasteiger partial charge in [-0.1, -0.05) is 19.1 Å². The number of nitrogen functional groups attached to an aromatic ring is 1. The minimum atomic E-state index is -0.778. The van der Waals surface area contributed by atoms with Gasteiger partial charge in [-0.2, -0.15) is 0 Å². The first kappa shape index (κ1) is 12.6. The first-order chi connectivity index (χ1) is 8.52. The Morgan fingerprint density at radius 2 is 1.89 bits per heavy atom. The monoisotopic (exact) mass is 246 g/mol. The smallest absolute Gasteiger partial charge is 0.169 e. The molecule has 18 heavy (non-hydrogen) atoms. The van der Waals surface area contributed by atoms with Gasteiger partial charge in [0.25, 0.3) is 0 Å². The summed E-state index contributed by atoms with van der Waals surface area (Å²) < 4.78 is 0. The highest BCUT2D eigenvalue weighted by atomic mass is 16.3. The molecule has 0 amide bonds. The number of aliphatic hydroxyl groups is 1. The molecular formula is C13H18N4O. The van der Waals surface area contributed by atoms with Gasteiger partial charge in [0, 0.05) is 6.54 Å². The van der Waals surface area contributed by atoms with Crippen LogP contribution in [0.3, 0.4) is 0 Å². The van der Waals surface area contributed by atoms with Gasteiger partial charge in [0.2, 0.25) is 0 Å². The zero-order chi connectivity index (χ0) is 13.2. The van der Waals surface area contributed by atoms with Gasteiger partial charge < -0.3 is 16.2 Å². The van der Waals surface area contributed by atoms with E-state index in [9.17, 15) is 5.11 Å². The SMILES string of the molecule is CCC(C)(O)CNc1nc2ccccc2nc1N. The van der Waals surface area contributed by atoms with Crippen LogP contribution in [-0.4, -0.2) is 27.2 Å². The van der Waals surface area contributed by atoms with Crippen LogP contribution < -0.4 is 11.1 Å². The topological polar surface area (TPSA) is 84.1 Å². The predicted molar refractivity (Wildman–Crippen MR) is 73.4 cm³/mol. The molecule has 0 spiro atoms. The van der Waals surface area contributed by atoms with Gasteiger partial charge in [-0.3, -0.25) is 0 Å². The van der Waals surface area contributed by atoms with Gasteiger partial charge >= 0.3 is 0 Å². The number of nitrogens with zero attached hydrogens (tertiary/aromatic N) is 2. The zero-order valence-electron chi connectivity index (χ0n) is 10.6. The van der Waals surface area contributed by atoms with Crippen LogP contribution in [-0.2, 0) is 0 Å². The molecule has 1 heterocycles. The van der Waals surface area contributed by atoms with Crippen molar-refractivity contribution in [2.75, 3.05) is 17.6 Å². The van der Waals surface area contributed by atoms with Crippen molar-refractivity contribution in [3.05, 3.63) is 24.3 Å². The van der Waals surface area contributed by atoms with Crippen LogP contribution in [0.2, 0.25) is 0 Å². The average Bonchev–Trinajstić information content (AvgIpc) is 2.36. The van der Waals surface area contributed by atoms with E-state index < -0.39 is 5.60 Å². The van der Waals surface area contributed by atoms with E-state index in [1.54, 1.807) is 6.92 Å². The highest BCUT2D eigenvalue weighted by Gasteiger charge is 2.18. The number of nitrogens with two attached hydrogens (primary N) is 1. The molecule has 1 aromatic carbocycles. The summed E-state index contributed by atoms with van der Waals surface area (Å²) in [4.78, 5) is 8.68.